The summed E-state index contributed by atoms with van der Waals surface area (Å²) < 4.78 is 5.22. The van der Waals surface area contributed by atoms with Crippen molar-refractivity contribution in [2.75, 3.05) is 13.7 Å². The fraction of sp³-hybridized carbons (Fsp3) is 0.917. The normalized spacial score (nSPS) is 38.0. The molecule has 2 fully saturated rings. The predicted molar refractivity (Wildman–Crippen MR) is 63.6 cm³/mol. The van der Waals surface area contributed by atoms with Crippen molar-refractivity contribution >= 4 is 5.91 Å². The number of carbonyl (C=O) groups excluding carboxylic acids is 1. The van der Waals surface area contributed by atoms with Crippen LogP contribution in [0.4, 0.5) is 0 Å². The van der Waals surface area contributed by atoms with Crippen molar-refractivity contribution in [3.63, 3.8) is 0 Å². The van der Waals surface area contributed by atoms with E-state index in [0.717, 1.165) is 32.2 Å². The predicted octanol–water partition coefficient (Wildman–Crippen LogP) is -0.217. The number of carbonyl (C=O) groups is 1. The molecule has 0 aromatic rings. The van der Waals surface area contributed by atoms with Gasteiger partial charge in [0.1, 0.15) is 0 Å². The molecule has 1 saturated carbocycles. The molecule has 5 heteroatoms. The van der Waals surface area contributed by atoms with Crippen LogP contribution in [-0.2, 0) is 9.53 Å². The summed E-state index contributed by atoms with van der Waals surface area (Å²) in [6.07, 6.45) is 4.14. The second-order valence-electron chi connectivity index (χ2n) is 5.08. The van der Waals surface area contributed by atoms with E-state index in [1.807, 2.05) is 0 Å². The van der Waals surface area contributed by atoms with Crippen LogP contribution < -0.4 is 10.6 Å². The molecule has 4 atom stereocenters. The highest BCUT2D eigenvalue weighted by Crippen LogP contribution is 2.19. The fourth-order valence-corrected chi connectivity index (χ4v) is 2.68. The third-order valence-electron chi connectivity index (χ3n) is 3.73. The second-order valence-corrected chi connectivity index (χ2v) is 5.08. The van der Waals surface area contributed by atoms with E-state index in [9.17, 15) is 9.90 Å². The van der Waals surface area contributed by atoms with E-state index in [-0.39, 0.29) is 30.2 Å². The van der Waals surface area contributed by atoms with Gasteiger partial charge in [0, 0.05) is 19.7 Å². The summed E-state index contributed by atoms with van der Waals surface area (Å²) >= 11 is 0. The van der Waals surface area contributed by atoms with E-state index in [4.69, 9.17) is 4.74 Å². The summed E-state index contributed by atoms with van der Waals surface area (Å²) in [6, 6.07) is -0.00587. The Morgan fingerprint density at radius 1 is 1.41 bits per heavy atom. The summed E-state index contributed by atoms with van der Waals surface area (Å²) in [5.41, 5.74) is 0. The van der Waals surface area contributed by atoms with Crippen molar-refractivity contribution in [3.8, 4) is 0 Å². The summed E-state index contributed by atoms with van der Waals surface area (Å²) in [5.74, 6) is 0.0450. The summed E-state index contributed by atoms with van der Waals surface area (Å²) in [5, 5.41) is 15.7. The summed E-state index contributed by atoms with van der Waals surface area (Å²) in [7, 11) is 1.67. The minimum Gasteiger partial charge on any atom is -0.393 e. The van der Waals surface area contributed by atoms with Crippen molar-refractivity contribution in [3.05, 3.63) is 0 Å². The topological polar surface area (TPSA) is 70.6 Å². The zero-order valence-electron chi connectivity index (χ0n) is 10.3. The Morgan fingerprint density at radius 3 is 2.88 bits per heavy atom. The second kappa shape index (κ2) is 5.80. The first-order valence-electron chi connectivity index (χ1n) is 6.43. The van der Waals surface area contributed by atoms with Crippen LogP contribution in [0.25, 0.3) is 0 Å². The van der Waals surface area contributed by atoms with E-state index < -0.39 is 0 Å². The third kappa shape index (κ3) is 3.40. The van der Waals surface area contributed by atoms with Gasteiger partial charge in [0.05, 0.1) is 18.2 Å². The van der Waals surface area contributed by atoms with E-state index in [2.05, 4.69) is 10.6 Å². The number of amides is 1. The molecule has 17 heavy (non-hydrogen) atoms. The zero-order chi connectivity index (χ0) is 12.3. The highest BCUT2D eigenvalue weighted by Gasteiger charge is 2.31. The Balaban J connectivity index is 1.77. The highest BCUT2D eigenvalue weighted by molar-refractivity contribution is 5.82. The van der Waals surface area contributed by atoms with Gasteiger partial charge >= 0.3 is 0 Å². The van der Waals surface area contributed by atoms with Gasteiger partial charge in [0.25, 0.3) is 0 Å². The van der Waals surface area contributed by atoms with Crippen LogP contribution in [0.15, 0.2) is 0 Å². The Morgan fingerprint density at radius 2 is 2.24 bits per heavy atom. The Labute approximate surface area is 102 Å². The number of aliphatic hydroxyl groups is 1. The maximum atomic E-state index is 12.0. The fourth-order valence-electron chi connectivity index (χ4n) is 2.68. The van der Waals surface area contributed by atoms with Crippen LogP contribution in [0.2, 0.25) is 0 Å². The molecular weight excluding hydrogens is 220 g/mol. The number of hydrogen-bond acceptors (Lipinski definition) is 4. The molecule has 5 nitrogen and oxygen atoms in total. The van der Waals surface area contributed by atoms with Gasteiger partial charge in [-0.05, 0) is 32.1 Å². The van der Waals surface area contributed by atoms with Gasteiger partial charge in [-0.15, -0.1) is 0 Å². The molecule has 98 valence electrons. The molecule has 0 spiro atoms. The molecule has 1 amide bonds. The molecule has 1 aliphatic carbocycles. The average molecular weight is 242 g/mol. The SMILES string of the molecule is COC1CNC(C(=O)NC2CCCC(O)C2)C1. The Hall–Kier alpha value is -0.650. The lowest BCUT2D eigenvalue weighted by Gasteiger charge is -2.27. The standard InChI is InChI=1S/C12H22N2O3/c1-17-10-6-11(13-7-10)12(16)14-8-3-2-4-9(15)5-8/h8-11,13,15H,2-7H2,1H3,(H,14,16). The number of nitrogens with one attached hydrogen (secondary N) is 2. The third-order valence-corrected chi connectivity index (χ3v) is 3.73. The maximum absolute atomic E-state index is 12.0. The molecule has 1 heterocycles. The number of hydrogen-bond donors (Lipinski definition) is 3. The molecule has 0 bridgehead atoms. The van der Waals surface area contributed by atoms with E-state index >= 15 is 0 Å². The summed E-state index contributed by atoms with van der Waals surface area (Å²) in [6.45, 7) is 0.738. The largest absolute Gasteiger partial charge is 0.393 e. The van der Waals surface area contributed by atoms with E-state index in [0.29, 0.717) is 6.42 Å². The average Bonchev–Trinajstić information content (AvgIpc) is 2.77. The number of aliphatic hydroxyl groups excluding tert-OH is 1. The molecule has 1 aliphatic heterocycles. The first kappa shape index (κ1) is 12.8. The monoisotopic (exact) mass is 242 g/mol. The number of ether oxygens (including phenoxy) is 1. The van der Waals surface area contributed by atoms with Crippen molar-refractivity contribution < 1.29 is 14.6 Å². The molecule has 1 saturated heterocycles. The molecule has 0 aromatic carbocycles. The van der Waals surface area contributed by atoms with Crippen LogP contribution in [0.1, 0.15) is 32.1 Å². The van der Waals surface area contributed by atoms with Gasteiger partial charge in [-0.3, -0.25) is 4.79 Å². The molecule has 4 unspecified atom stereocenters. The lowest BCUT2D eigenvalue weighted by Crippen LogP contribution is -2.47. The van der Waals surface area contributed by atoms with Gasteiger partial charge in [-0.2, -0.15) is 0 Å². The lowest BCUT2D eigenvalue weighted by molar-refractivity contribution is -0.124. The smallest absolute Gasteiger partial charge is 0.237 e. The Bertz CT molecular complexity index is 272. The van der Waals surface area contributed by atoms with Crippen molar-refractivity contribution in [2.45, 2.75) is 56.4 Å². The number of methoxy groups -OCH3 is 1. The zero-order valence-corrected chi connectivity index (χ0v) is 10.3. The van der Waals surface area contributed by atoms with Gasteiger partial charge in [-0.1, -0.05) is 0 Å². The van der Waals surface area contributed by atoms with E-state index in [1.54, 1.807) is 7.11 Å². The molecule has 2 aliphatic rings. The van der Waals surface area contributed by atoms with Gasteiger partial charge in [-0.25, -0.2) is 0 Å². The minimum atomic E-state index is -0.252. The summed E-state index contributed by atoms with van der Waals surface area (Å²) in [4.78, 5) is 12.0. The molecule has 3 N–H and O–H groups in total. The lowest BCUT2D eigenvalue weighted by atomic mass is 9.93. The van der Waals surface area contributed by atoms with Crippen LogP contribution >= 0.6 is 0 Å². The van der Waals surface area contributed by atoms with Crippen LogP contribution in [0.5, 0.6) is 0 Å². The highest BCUT2D eigenvalue weighted by atomic mass is 16.5. The minimum absolute atomic E-state index is 0.0450. The van der Waals surface area contributed by atoms with Crippen molar-refractivity contribution in [2.24, 2.45) is 0 Å². The van der Waals surface area contributed by atoms with E-state index in [1.165, 1.54) is 0 Å². The van der Waals surface area contributed by atoms with Crippen LogP contribution in [0, 0.1) is 0 Å². The molecular formula is C12H22N2O3. The Kier molecular flexibility index (Phi) is 4.36. The first-order chi connectivity index (χ1) is 8.19. The molecule has 0 aromatic heterocycles. The molecule has 2 rings (SSSR count). The van der Waals surface area contributed by atoms with Gasteiger partial charge in [0.2, 0.25) is 5.91 Å². The van der Waals surface area contributed by atoms with Crippen molar-refractivity contribution in [1.29, 1.82) is 0 Å². The van der Waals surface area contributed by atoms with Gasteiger partial charge < -0.3 is 20.5 Å². The number of rotatable bonds is 3. The quantitative estimate of drug-likeness (QED) is 0.640. The van der Waals surface area contributed by atoms with Crippen molar-refractivity contribution in [1.82, 2.24) is 10.6 Å². The maximum Gasteiger partial charge on any atom is 0.237 e. The van der Waals surface area contributed by atoms with Crippen LogP contribution in [-0.4, -0.2) is 49.0 Å². The first-order valence-corrected chi connectivity index (χ1v) is 6.43. The van der Waals surface area contributed by atoms with Crippen LogP contribution in [0.3, 0.4) is 0 Å². The molecule has 0 radical (unpaired) electrons. The van der Waals surface area contributed by atoms with Gasteiger partial charge in [0.15, 0.2) is 0 Å².